The Morgan fingerprint density at radius 1 is 1.09 bits per heavy atom. The summed E-state index contributed by atoms with van der Waals surface area (Å²) in [6.45, 7) is 3.16. The lowest BCUT2D eigenvalue weighted by atomic mass is 10.2. The lowest BCUT2D eigenvalue weighted by Gasteiger charge is -2.14. The predicted octanol–water partition coefficient (Wildman–Crippen LogP) is 2.62. The van der Waals surface area contributed by atoms with Crippen LogP contribution in [0.1, 0.15) is 24.7 Å². The van der Waals surface area contributed by atoms with Gasteiger partial charge < -0.3 is 14.8 Å². The molecule has 3 rings (SSSR count). The second kappa shape index (κ2) is 9.70. The highest BCUT2D eigenvalue weighted by atomic mass is 32.2. The highest BCUT2D eigenvalue weighted by molar-refractivity contribution is 7.89. The van der Waals surface area contributed by atoms with Crippen LogP contribution in [0, 0.1) is 0 Å². The van der Waals surface area contributed by atoms with Crippen molar-refractivity contribution in [1.82, 2.24) is 19.2 Å². The van der Waals surface area contributed by atoms with E-state index in [2.05, 4.69) is 16.4 Å². The summed E-state index contributed by atoms with van der Waals surface area (Å²) in [5.41, 5.74) is 3.61. The van der Waals surface area contributed by atoms with Gasteiger partial charge in [-0.05, 0) is 42.8 Å². The van der Waals surface area contributed by atoms with Gasteiger partial charge in [-0.25, -0.2) is 17.7 Å². The highest BCUT2D eigenvalue weighted by Crippen LogP contribution is 2.23. The molecule has 0 aliphatic heterocycles. The number of carbonyl (C=O) groups excluding carboxylic acids is 1. The first-order chi connectivity index (χ1) is 15.1. The molecule has 32 heavy (non-hydrogen) atoms. The molecule has 0 saturated carbocycles. The Bertz CT molecular complexity index is 1220. The summed E-state index contributed by atoms with van der Waals surface area (Å²) >= 11 is 0. The van der Waals surface area contributed by atoms with E-state index in [0.717, 1.165) is 22.6 Å². The average molecular weight is 458 g/mol. The van der Waals surface area contributed by atoms with Crippen molar-refractivity contribution in [3.05, 3.63) is 53.9 Å². The summed E-state index contributed by atoms with van der Waals surface area (Å²) in [6, 6.07) is 13.0. The van der Waals surface area contributed by atoms with Gasteiger partial charge in [0.05, 0.1) is 15.9 Å². The third kappa shape index (κ3) is 5.11. The van der Waals surface area contributed by atoms with E-state index in [-0.39, 0.29) is 10.8 Å². The molecule has 8 nitrogen and oxygen atoms in total. The third-order valence-electron chi connectivity index (χ3n) is 5.39. The van der Waals surface area contributed by atoms with Gasteiger partial charge in [-0.3, -0.25) is 4.79 Å². The monoisotopic (exact) mass is 457 g/mol. The Morgan fingerprint density at radius 2 is 1.84 bits per heavy atom. The number of anilines is 1. The van der Waals surface area contributed by atoms with Crippen molar-refractivity contribution in [3.8, 4) is 0 Å². The Kier molecular flexibility index (Phi) is 7.20. The number of rotatable bonds is 9. The van der Waals surface area contributed by atoms with E-state index in [4.69, 9.17) is 0 Å². The third-order valence-corrected chi connectivity index (χ3v) is 7.20. The van der Waals surface area contributed by atoms with Crippen LogP contribution in [0.3, 0.4) is 0 Å². The maximum absolute atomic E-state index is 12.4. The fourth-order valence-electron chi connectivity index (χ4n) is 3.53. The molecule has 2 aromatic carbocycles. The first-order valence-electron chi connectivity index (χ1n) is 10.6. The van der Waals surface area contributed by atoms with Gasteiger partial charge in [-0.2, -0.15) is 0 Å². The molecule has 0 radical (unpaired) electrons. The number of nitrogens with one attached hydrogen (secondary N) is 1. The lowest BCUT2D eigenvalue weighted by Crippen LogP contribution is -2.23. The topological polar surface area (TPSA) is 87.5 Å². The van der Waals surface area contributed by atoms with Gasteiger partial charge in [0.15, 0.2) is 0 Å². The minimum atomic E-state index is -3.53. The van der Waals surface area contributed by atoms with E-state index in [0.29, 0.717) is 31.4 Å². The molecule has 1 N–H and O–H groups in total. The quantitative estimate of drug-likeness (QED) is 0.534. The van der Waals surface area contributed by atoms with E-state index in [1.54, 1.807) is 18.2 Å². The standard InChI is InChI=1S/C23H31N5O3S/c1-6-28-21-11-10-19(32(30,31)27(4)5)15-20(21)25-22(28)12-13-23(29)24-16-17-8-7-9-18(14-17)26(2)3/h7-11,14-15H,6,12-13,16H2,1-5H3,(H,24,29). The number of hydrogen-bond donors (Lipinski definition) is 1. The van der Waals surface area contributed by atoms with Crippen LogP contribution in [0.15, 0.2) is 47.4 Å². The van der Waals surface area contributed by atoms with Crippen LogP contribution in [0.5, 0.6) is 0 Å². The molecule has 172 valence electrons. The Labute approximate surface area is 189 Å². The van der Waals surface area contributed by atoms with Crippen molar-refractivity contribution < 1.29 is 13.2 Å². The molecule has 0 aliphatic rings. The fraction of sp³-hybridized carbons (Fsp3) is 0.391. The van der Waals surface area contributed by atoms with Crippen molar-refractivity contribution in [2.75, 3.05) is 33.1 Å². The van der Waals surface area contributed by atoms with E-state index in [1.165, 1.54) is 18.4 Å². The zero-order valence-corrected chi connectivity index (χ0v) is 20.1. The van der Waals surface area contributed by atoms with Crippen molar-refractivity contribution in [3.63, 3.8) is 0 Å². The molecule has 0 saturated heterocycles. The average Bonchev–Trinajstić information content (AvgIpc) is 3.12. The summed E-state index contributed by atoms with van der Waals surface area (Å²) in [5, 5.41) is 2.97. The number of imidazole rings is 1. The van der Waals surface area contributed by atoms with Crippen molar-refractivity contribution in [2.24, 2.45) is 0 Å². The van der Waals surface area contributed by atoms with E-state index in [9.17, 15) is 13.2 Å². The summed E-state index contributed by atoms with van der Waals surface area (Å²) in [4.78, 5) is 19.3. The molecular weight excluding hydrogens is 426 g/mol. The van der Waals surface area contributed by atoms with Gasteiger partial charge in [0.25, 0.3) is 0 Å². The SMILES string of the molecule is CCn1c(CCC(=O)NCc2cccc(N(C)C)c2)nc2cc(S(=O)(=O)N(C)C)ccc21. The predicted molar refractivity (Wildman–Crippen MR) is 127 cm³/mol. The van der Waals surface area contributed by atoms with Crippen LogP contribution in [0.4, 0.5) is 5.69 Å². The van der Waals surface area contributed by atoms with Gasteiger partial charge in [-0.1, -0.05) is 12.1 Å². The van der Waals surface area contributed by atoms with Gasteiger partial charge in [0.2, 0.25) is 15.9 Å². The van der Waals surface area contributed by atoms with Gasteiger partial charge in [0.1, 0.15) is 5.82 Å². The molecule has 1 aromatic heterocycles. The van der Waals surface area contributed by atoms with Crippen LogP contribution in [0.25, 0.3) is 11.0 Å². The minimum Gasteiger partial charge on any atom is -0.378 e. The second-order valence-corrected chi connectivity index (χ2v) is 10.2. The zero-order valence-electron chi connectivity index (χ0n) is 19.3. The van der Waals surface area contributed by atoms with Gasteiger partial charge in [-0.15, -0.1) is 0 Å². The van der Waals surface area contributed by atoms with Crippen LogP contribution in [-0.2, 0) is 34.3 Å². The first kappa shape index (κ1) is 23.7. The Balaban J connectivity index is 1.70. The molecule has 0 fully saturated rings. The molecule has 0 spiro atoms. The number of aromatic nitrogens is 2. The molecule has 3 aromatic rings. The summed E-state index contributed by atoms with van der Waals surface area (Å²) < 4.78 is 28.1. The lowest BCUT2D eigenvalue weighted by molar-refractivity contribution is -0.121. The van der Waals surface area contributed by atoms with Crippen molar-refractivity contribution >= 4 is 32.7 Å². The number of carbonyl (C=O) groups is 1. The number of fused-ring (bicyclic) bond motifs is 1. The molecule has 0 unspecified atom stereocenters. The van der Waals surface area contributed by atoms with Crippen molar-refractivity contribution in [2.45, 2.75) is 37.8 Å². The number of hydrogen-bond acceptors (Lipinski definition) is 5. The molecule has 1 amide bonds. The van der Waals surface area contributed by atoms with Crippen LogP contribution in [-0.4, -0.2) is 56.4 Å². The summed E-state index contributed by atoms with van der Waals surface area (Å²) in [7, 11) is 3.45. The van der Waals surface area contributed by atoms with Gasteiger partial charge >= 0.3 is 0 Å². The molecule has 9 heteroatoms. The van der Waals surface area contributed by atoms with Gasteiger partial charge in [0, 0.05) is 59.8 Å². The molecule has 0 aliphatic carbocycles. The number of amides is 1. The van der Waals surface area contributed by atoms with Crippen LogP contribution >= 0.6 is 0 Å². The highest BCUT2D eigenvalue weighted by Gasteiger charge is 2.19. The summed E-state index contributed by atoms with van der Waals surface area (Å²) in [5.74, 6) is 0.720. The van der Waals surface area contributed by atoms with Crippen LogP contribution in [0.2, 0.25) is 0 Å². The first-order valence-corrected chi connectivity index (χ1v) is 12.0. The van der Waals surface area contributed by atoms with E-state index in [1.807, 2.05) is 48.7 Å². The smallest absolute Gasteiger partial charge is 0.242 e. The largest absolute Gasteiger partial charge is 0.378 e. The van der Waals surface area contributed by atoms with Crippen molar-refractivity contribution in [1.29, 1.82) is 0 Å². The maximum Gasteiger partial charge on any atom is 0.242 e. The minimum absolute atomic E-state index is 0.0501. The molecular formula is C23H31N5O3S. The summed E-state index contributed by atoms with van der Waals surface area (Å²) in [6.07, 6.45) is 0.779. The normalized spacial score (nSPS) is 11.8. The number of aryl methyl sites for hydroxylation is 2. The van der Waals surface area contributed by atoms with E-state index < -0.39 is 10.0 Å². The molecule has 0 bridgehead atoms. The fourth-order valence-corrected chi connectivity index (χ4v) is 4.46. The molecule has 1 heterocycles. The Morgan fingerprint density at radius 3 is 2.50 bits per heavy atom. The second-order valence-electron chi connectivity index (χ2n) is 8.05. The number of sulfonamides is 1. The van der Waals surface area contributed by atoms with Crippen LogP contribution < -0.4 is 10.2 Å². The molecule has 0 atom stereocenters. The maximum atomic E-state index is 12.4. The number of nitrogens with zero attached hydrogens (tertiary/aromatic N) is 4. The number of benzene rings is 2. The Hall–Kier alpha value is -2.91. The zero-order chi connectivity index (χ0) is 23.5. The van der Waals surface area contributed by atoms with E-state index >= 15 is 0 Å².